The summed E-state index contributed by atoms with van der Waals surface area (Å²) in [6, 6.07) is 10.2. The second-order valence-electron chi connectivity index (χ2n) is 6.06. The van der Waals surface area contributed by atoms with Crippen molar-refractivity contribution < 1.29 is 5.11 Å². The van der Waals surface area contributed by atoms with Gasteiger partial charge in [0.05, 0.1) is 0 Å². The summed E-state index contributed by atoms with van der Waals surface area (Å²) in [5.74, 6) is 1.15. The van der Waals surface area contributed by atoms with Gasteiger partial charge in [-0.25, -0.2) is 0 Å². The van der Waals surface area contributed by atoms with E-state index in [-0.39, 0.29) is 0 Å². The molecular weight excluding hydrogens is 260 g/mol. The van der Waals surface area contributed by atoms with Crippen LogP contribution in [-0.2, 0) is 6.54 Å². The van der Waals surface area contributed by atoms with E-state index in [4.69, 9.17) is 0 Å². The average Bonchev–Trinajstić information content (AvgIpc) is 3.20. The Morgan fingerprint density at radius 2 is 2.19 bits per heavy atom. The molecule has 0 saturated heterocycles. The van der Waals surface area contributed by atoms with Crippen molar-refractivity contribution in [2.24, 2.45) is 5.92 Å². The first kappa shape index (κ1) is 14.2. The third-order valence-corrected chi connectivity index (χ3v) is 4.12. The van der Waals surface area contributed by atoms with Gasteiger partial charge < -0.3 is 15.0 Å². The van der Waals surface area contributed by atoms with Crippen LogP contribution in [0.3, 0.4) is 0 Å². The molecule has 1 unspecified atom stereocenters. The van der Waals surface area contributed by atoms with Crippen molar-refractivity contribution in [2.75, 3.05) is 6.54 Å². The highest BCUT2D eigenvalue weighted by molar-refractivity contribution is 5.28. The maximum absolute atomic E-state index is 9.54. The van der Waals surface area contributed by atoms with Crippen LogP contribution in [0.5, 0.6) is 5.75 Å². The highest BCUT2D eigenvalue weighted by atomic mass is 16.3. The molecule has 0 aliphatic heterocycles. The zero-order valence-electron chi connectivity index (χ0n) is 12.6. The lowest BCUT2D eigenvalue weighted by molar-refractivity contribution is 0.474. The molecule has 1 heterocycles. The largest absolute Gasteiger partial charge is 0.508 e. The van der Waals surface area contributed by atoms with Crippen LogP contribution < -0.4 is 5.32 Å². The van der Waals surface area contributed by atoms with Crippen LogP contribution in [-0.4, -0.2) is 16.2 Å². The van der Waals surface area contributed by atoms with Gasteiger partial charge in [0, 0.05) is 25.0 Å². The van der Waals surface area contributed by atoms with E-state index in [2.05, 4.69) is 35.3 Å². The fraction of sp³-hybridized carbons (Fsp3) is 0.444. The van der Waals surface area contributed by atoms with Crippen molar-refractivity contribution in [3.05, 3.63) is 53.9 Å². The molecule has 1 fully saturated rings. The molecule has 2 N–H and O–H groups in total. The van der Waals surface area contributed by atoms with E-state index < -0.39 is 0 Å². The van der Waals surface area contributed by atoms with Crippen LogP contribution in [0.15, 0.2) is 42.7 Å². The lowest BCUT2D eigenvalue weighted by Crippen LogP contribution is -2.23. The molecule has 2 aromatic rings. The topological polar surface area (TPSA) is 37.2 Å². The maximum atomic E-state index is 9.54. The smallest absolute Gasteiger partial charge is 0.115 e. The number of phenolic OH excluding ortho intramolecular Hbond substituents is 1. The summed E-state index contributed by atoms with van der Waals surface area (Å²) < 4.78 is 2.20. The summed E-state index contributed by atoms with van der Waals surface area (Å²) in [6.45, 7) is 4.10. The number of phenols is 1. The van der Waals surface area contributed by atoms with Gasteiger partial charge >= 0.3 is 0 Å². The van der Waals surface area contributed by atoms with Gasteiger partial charge in [0.15, 0.2) is 0 Å². The van der Waals surface area contributed by atoms with Gasteiger partial charge in [0.25, 0.3) is 0 Å². The number of hydrogen-bond donors (Lipinski definition) is 2. The zero-order chi connectivity index (χ0) is 14.7. The van der Waals surface area contributed by atoms with Crippen molar-refractivity contribution >= 4 is 0 Å². The third-order valence-electron chi connectivity index (χ3n) is 4.12. The standard InChI is InChI=1S/C18H24N2O/c1-2-9-19-18(15-6-7-15)16-8-10-20(13-16)12-14-4-3-5-17(21)11-14/h3-5,8,10-11,13,15,18-19,21H,2,6-7,9,12H2,1H3. The van der Waals surface area contributed by atoms with Crippen LogP contribution in [0.1, 0.15) is 43.4 Å². The van der Waals surface area contributed by atoms with E-state index in [0.29, 0.717) is 11.8 Å². The number of rotatable bonds is 7. The molecule has 1 aliphatic rings. The molecule has 1 aliphatic carbocycles. The Labute approximate surface area is 126 Å². The number of nitrogens with zero attached hydrogens (tertiary/aromatic N) is 1. The zero-order valence-corrected chi connectivity index (χ0v) is 12.6. The average molecular weight is 284 g/mol. The van der Waals surface area contributed by atoms with Crippen LogP contribution in [0.4, 0.5) is 0 Å². The Bertz CT molecular complexity index is 586. The van der Waals surface area contributed by atoms with E-state index in [1.165, 1.54) is 24.8 Å². The highest BCUT2D eigenvalue weighted by Crippen LogP contribution is 2.41. The number of benzene rings is 1. The third kappa shape index (κ3) is 3.67. The van der Waals surface area contributed by atoms with E-state index >= 15 is 0 Å². The van der Waals surface area contributed by atoms with Crippen LogP contribution in [0, 0.1) is 5.92 Å². The van der Waals surface area contributed by atoms with Crippen LogP contribution in [0.2, 0.25) is 0 Å². The molecule has 3 nitrogen and oxygen atoms in total. The Kier molecular flexibility index (Phi) is 4.30. The summed E-state index contributed by atoms with van der Waals surface area (Å²) in [6.07, 6.45) is 8.25. The van der Waals surface area contributed by atoms with Gasteiger partial charge in [0.1, 0.15) is 5.75 Å². The first-order valence-corrected chi connectivity index (χ1v) is 7.93. The predicted molar refractivity (Wildman–Crippen MR) is 85.4 cm³/mol. The minimum absolute atomic E-state index is 0.334. The van der Waals surface area contributed by atoms with Gasteiger partial charge in [-0.1, -0.05) is 19.1 Å². The molecule has 21 heavy (non-hydrogen) atoms. The van der Waals surface area contributed by atoms with Gasteiger partial charge in [0.2, 0.25) is 0 Å². The molecule has 0 radical (unpaired) electrons. The molecule has 1 aromatic carbocycles. The van der Waals surface area contributed by atoms with Crippen molar-refractivity contribution in [3.8, 4) is 5.75 Å². The molecule has 1 saturated carbocycles. The number of aromatic hydroxyl groups is 1. The van der Waals surface area contributed by atoms with Crippen molar-refractivity contribution in [1.82, 2.24) is 9.88 Å². The van der Waals surface area contributed by atoms with Gasteiger partial charge in [-0.05, 0) is 61.1 Å². The Morgan fingerprint density at radius 1 is 1.33 bits per heavy atom. The normalized spacial score (nSPS) is 16.0. The van der Waals surface area contributed by atoms with E-state index in [9.17, 15) is 5.11 Å². The lowest BCUT2D eigenvalue weighted by Gasteiger charge is -2.16. The molecule has 3 heteroatoms. The minimum atomic E-state index is 0.334. The first-order chi connectivity index (χ1) is 10.3. The molecule has 1 aromatic heterocycles. The molecule has 112 valence electrons. The summed E-state index contributed by atoms with van der Waals surface area (Å²) in [5.41, 5.74) is 2.52. The lowest BCUT2D eigenvalue weighted by atomic mass is 10.1. The number of aromatic nitrogens is 1. The van der Waals surface area contributed by atoms with Gasteiger partial charge in [-0.15, -0.1) is 0 Å². The first-order valence-electron chi connectivity index (χ1n) is 7.93. The number of hydrogen-bond acceptors (Lipinski definition) is 2. The minimum Gasteiger partial charge on any atom is -0.508 e. The summed E-state index contributed by atoms with van der Waals surface area (Å²) in [4.78, 5) is 0. The SMILES string of the molecule is CCCNC(c1ccn(Cc2cccc(O)c2)c1)C1CC1. The second-order valence-corrected chi connectivity index (χ2v) is 6.06. The van der Waals surface area contributed by atoms with E-state index in [1.54, 1.807) is 6.07 Å². The molecule has 3 rings (SSSR count). The quantitative estimate of drug-likeness (QED) is 0.813. The summed E-state index contributed by atoms with van der Waals surface area (Å²) in [5, 5.41) is 13.2. The Balaban J connectivity index is 1.70. The molecular formula is C18H24N2O. The summed E-state index contributed by atoms with van der Waals surface area (Å²) >= 11 is 0. The van der Waals surface area contributed by atoms with Crippen molar-refractivity contribution in [1.29, 1.82) is 0 Å². The van der Waals surface area contributed by atoms with E-state index in [1.807, 2.05) is 18.2 Å². The fourth-order valence-corrected chi connectivity index (χ4v) is 2.89. The second kappa shape index (κ2) is 6.35. The van der Waals surface area contributed by atoms with Crippen molar-refractivity contribution in [3.63, 3.8) is 0 Å². The Morgan fingerprint density at radius 3 is 2.90 bits per heavy atom. The number of nitrogens with one attached hydrogen (secondary N) is 1. The molecule has 1 atom stereocenters. The highest BCUT2D eigenvalue weighted by Gasteiger charge is 2.32. The maximum Gasteiger partial charge on any atom is 0.115 e. The van der Waals surface area contributed by atoms with Crippen molar-refractivity contribution in [2.45, 2.75) is 38.8 Å². The molecule has 0 spiro atoms. The molecule has 0 bridgehead atoms. The monoisotopic (exact) mass is 284 g/mol. The Hall–Kier alpha value is -1.74. The van der Waals surface area contributed by atoms with Gasteiger partial charge in [-0.2, -0.15) is 0 Å². The van der Waals surface area contributed by atoms with E-state index in [0.717, 1.165) is 24.6 Å². The predicted octanol–water partition coefficient (Wildman–Crippen LogP) is 3.69. The fourth-order valence-electron chi connectivity index (χ4n) is 2.89. The molecule has 0 amide bonds. The van der Waals surface area contributed by atoms with Crippen LogP contribution >= 0.6 is 0 Å². The van der Waals surface area contributed by atoms with Gasteiger partial charge in [-0.3, -0.25) is 0 Å². The summed E-state index contributed by atoms with van der Waals surface area (Å²) in [7, 11) is 0. The van der Waals surface area contributed by atoms with Crippen LogP contribution in [0.25, 0.3) is 0 Å².